The monoisotopic (exact) mass is 678 g/mol. The molecule has 49 heavy (non-hydrogen) atoms. The van der Waals surface area contributed by atoms with E-state index in [2.05, 4.69) is 5.32 Å². The highest BCUT2D eigenvalue weighted by molar-refractivity contribution is 6.03. The molecule has 12 nitrogen and oxygen atoms in total. The van der Waals surface area contributed by atoms with Crippen LogP contribution in [0.1, 0.15) is 71.9 Å². The van der Waals surface area contributed by atoms with Crippen molar-refractivity contribution in [3.8, 4) is 11.5 Å². The van der Waals surface area contributed by atoms with Gasteiger partial charge in [0.1, 0.15) is 23.2 Å². The quantitative estimate of drug-likeness (QED) is 0.249. The Morgan fingerprint density at radius 2 is 1.51 bits per heavy atom. The Hall–Kier alpha value is -4.58. The molecule has 0 aliphatic carbocycles. The molecule has 0 aromatic heterocycles. The molecule has 1 unspecified atom stereocenters. The Labute approximate surface area is 288 Å². The molecule has 2 fully saturated rings. The number of benzene rings is 2. The summed E-state index contributed by atoms with van der Waals surface area (Å²) in [7, 11) is 0. The number of hydrogen-bond donors (Lipinski definition) is 3. The molecule has 2 aromatic rings. The molecule has 12 heteroatoms. The molecule has 0 spiro atoms. The molecule has 266 valence electrons. The summed E-state index contributed by atoms with van der Waals surface area (Å²) in [5.41, 5.74) is 1.22. The largest absolute Gasteiger partial charge is 0.508 e. The van der Waals surface area contributed by atoms with Gasteiger partial charge >= 0.3 is 6.09 Å². The third kappa shape index (κ3) is 9.75. The van der Waals surface area contributed by atoms with Gasteiger partial charge in [0, 0.05) is 13.0 Å². The van der Waals surface area contributed by atoms with Gasteiger partial charge in [0.15, 0.2) is 12.3 Å². The maximum absolute atomic E-state index is 14.7. The second-order valence-electron chi connectivity index (χ2n) is 14.0. The van der Waals surface area contributed by atoms with Crippen LogP contribution in [0.15, 0.2) is 54.2 Å². The van der Waals surface area contributed by atoms with Crippen LogP contribution in [0.2, 0.25) is 0 Å². The fourth-order valence-corrected chi connectivity index (χ4v) is 5.75. The van der Waals surface area contributed by atoms with Crippen molar-refractivity contribution in [3.05, 3.63) is 65.4 Å². The molecule has 3 atom stereocenters. The number of aromatic hydroxyl groups is 2. The normalized spacial score (nSPS) is 19.9. The number of ether oxygens (including phenoxy) is 1. The van der Waals surface area contributed by atoms with Crippen LogP contribution >= 0.6 is 0 Å². The van der Waals surface area contributed by atoms with Gasteiger partial charge in [-0.15, -0.1) is 0 Å². The fraction of sp³-hybridized carbons (Fsp3) is 0.514. The van der Waals surface area contributed by atoms with E-state index in [4.69, 9.17) is 9.57 Å². The Morgan fingerprint density at radius 1 is 0.898 bits per heavy atom. The summed E-state index contributed by atoms with van der Waals surface area (Å²) in [6, 6.07) is 11.4. The predicted molar refractivity (Wildman–Crippen MR) is 183 cm³/mol. The SMILES string of the molecule is CC(C)CCNC(=O)/C(=C\c1ccc(O)cc1)N1CC2N(C(=O)OCCC(C)C)O[C@H](CC(C)C)C(=O)N2[C@@H](Cc2ccc(O)cc2)C1=O. The number of nitrogens with one attached hydrogen (secondary N) is 1. The molecule has 3 N–H and O–H groups in total. The zero-order valence-electron chi connectivity index (χ0n) is 29.3. The van der Waals surface area contributed by atoms with Crippen LogP contribution in [0.3, 0.4) is 0 Å². The van der Waals surface area contributed by atoms with E-state index in [1.807, 2.05) is 41.5 Å². The standard InChI is InChI=1S/C37H50N4O8/c1-23(2)15-17-38-34(44)30(20-26-7-11-28(42)12-8-26)39-22-33-40(31(35(39)45)21-27-9-13-29(43)14-10-27)36(46)32(19-25(5)6)49-41(33)37(47)48-18-16-24(3)4/h7-14,20,23-25,31-33,42-43H,15-19,21-22H2,1-6H3,(H,38,44)/b30-20+/t31-,32+,33?/m0/s1. The van der Waals surface area contributed by atoms with E-state index in [0.29, 0.717) is 42.9 Å². The summed E-state index contributed by atoms with van der Waals surface area (Å²) in [4.78, 5) is 65.3. The number of rotatable bonds is 13. The first kappa shape index (κ1) is 37.2. The molecule has 2 aromatic carbocycles. The first-order valence-electron chi connectivity index (χ1n) is 17.1. The maximum atomic E-state index is 14.7. The van der Waals surface area contributed by atoms with Gasteiger partial charge in [-0.2, -0.15) is 5.06 Å². The fourth-order valence-electron chi connectivity index (χ4n) is 5.75. The van der Waals surface area contributed by atoms with Gasteiger partial charge in [0.05, 0.1) is 13.2 Å². The Balaban J connectivity index is 1.82. The molecular weight excluding hydrogens is 628 g/mol. The summed E-state index contributed by atoms with van der Waals surface area (Å²) in [5.74, 6) is -0.737. The van der Waals surface area contributed by atoms with Crippen molar-refractivity contribution in [2.75, 3.05) is 19.7 Å². The van der Waals surface area contributed by atoms with Gasteiger partial charge in [-0.25, -0.2) is 4.79 Å². The molecule has 0 saturated carbocycles. The minimum Gasteiger partial charge on any atom is -0.508 e. The van der Waals surface area contributed by atoms with Crippen LogP contribution in [-0.2, 0) is 30.4 Å². The van der Waals surface area contributed by atoms with E-state index >= 15 is 0 Å². The van der Waals surface area contributed by atoms with E-state index < -0.39 is 42.1 Å². The van der Waals surface area contributed by atoms with Gasteiger partial charge in [-0.3, -0.25) is 19.2 Å². The van der Waals surface area contributed by atoms with Crippen molar-refractivity contribution in [3.63, 3.8) is 0 Å². The highest BCUT2D eigenvalue weighted by Gasteiger charge is 2.54. The van der Waals surface area contributed by atoms with E-state index in [1.165, 1.54) is 34.1 Å². The molecule has 4 amide bonds. The number of fused-ring (bicyclic) bond motifs is 1. The van der Waals surface area contributed by atoms with Crippen molar-refractivity contribution in [2.45, 2.75) is 85.5 Å². The number of carbonyl (C=O) groups is 4. The van der Waals surface area contributed by atoms with Crippen molar-refractivity contribution in [1.29, 1.82) is 0 Å². The van der Waals surface area contributed by atoms with Crippen LogP contribution < -0.4 is 5.32 Å². The molecule has 2 aliphatic heterocycles. The highest BCUT2D eigenvalue weighted by atomic mass is 16.7. The Morgan fingerprint density at radius 3 is 2.10 bits per heavy atom. The topological polar surface area (TPSA) is 149 Å². The van der Waals surface area contributed by atoms with Gasteiger partial charge in [-0.1, -0.05) is 65.8 Å². The Kier molecular flexibility index (Phi) is 12.7. The molecule has 0 bridgehead atoms. The van der Waals surface area contributed by atoms with Crippen LogP contribution in [-0.4, -0.2) is 86.9 Å². The summed E-state index contributed by atoms with van der Waals surface area (Å²) in [5, 5.41) is 23.8. The van der Waals surface area contributed by atoms with Crippen LogP contribution in [0.5, 0.6) is 11.5 Å². The summed E-state index contributed by atoms with van der Waals surface area (Å²) in [6.07, 6.45) is 0.272. The van der Waals surface area contributed by atoms with Crippen LogP contribution in [0.4, 0.5) is 4.79 Å². The minimum atomic E-state index is -1.13. The number of phenolic OH excluding ortho intramolecular Hbond substituents is 2. The zero-order valence-corrected chi connectivity index (χ0v) is 29.3. The number of nitrogens with zero attached hydrogens (tertiary/aromatic N) is 3. The summed E-state index contributed by atoms with van der Waals surface area (Å²) in [6.45, 7) is 12.2. The molecular formula is C37H50N4O8. The van der Waals surface area contributed by atoms with Gasteiger partial charge in [0.25, 0.3) is 17.7 Å². The Bertz CT molecular complexity index is 1490. The molecule has 2 heterocycles. The van der Waals surface area contributed by atoms with E-state index in [0.717, 1.165) is 5.06 Å². The molecule has 0 radical (unpaired) electrons. The number of hydrogen-bond acceptors (Lipinski definition) is 8. The lowest BCUT2D eigenvalue weighted by Crippen LogP contribution is -2.74. The van der Waals surface area contributed by atoms with E-state index in [1.54, 1.807) is 30.3 Å². The van der Waals surface area contributed by atoms with Crippen molar-refractivity contribution < 1.29 is 39.0 Å². The second kappa shape index (κ2) is 16.7. The number of phenols is 2. The predicted octanol–water partition coefficient (Wildman–Crippen LogP) is 5.05. The van der Waals surface area contributed by atoms with Gasteiger partial charge in [-0.05, 0) is 78.5 Å². The van der Waals surface area contributed by atoms with E-state index in [9.17, 15) is 29.4 Å². The third-order valence-electron chi connectivity index (χ3n) is 8.47. The average Bonchev–Trinajstić information content (AvgIpc) is 3.03. The van der Waals surface area contributed by atoms with Crippen molar-refractivity contribution in [2.24, 2.45) is 17.8 Å². The zero-order chi connectivity index (χ0) is 35.8. The summed E-state index contributed by atoms with van der Waals surface area (Å²) >= 11 is 0. The first-order chi connectivity index (χ1) is 23.2. The molecule has 2 saturated heterocycles. The lowest BCUT2D eigenvalue weighted by Gasteiger charge is -2.52. The number of hydroxylamine groups is 2. The lowest BCUT2D eigenvalue weighted by atomic mass is 9.96. The minimum absolute atomic E-state index is 0.0136. The van der Waals surface area contributed by atoms with Crippen LogP contribution in [0.25, 0.3) is 6.08 Å². The molecule has 4 rings (SSSR count). The van der Waals surface area contributed by atoms with Crippen molar-refractivity contribution >= 4 is 29.9 Å². The number of amides is 4. The van der Waals surface area contributed by atoms with Crippen LogP contribution in [0, 0.1) is 17.8 Å². The average molecular weight is 679 g/mol. The maximum Gasteiger partial charge on any atom is 0.436 e. The number of piperazine rings is 1. The second-order valence-corrected chi connectivity index (χ2v) is 14.0. The van der Waals surface area contributed by atoms with Gasteiger partial charge < -0.3 is 30.1 Å². The number of carbonyl (C=O) groups excluding carboxylic acids is 4. The van der Waals surface area contributed by atoms with E-state index in [-0.39, 0.29) is 48.6 Å². The van der Waals surface area contributed by atoms with Crippen molar-refractivity contribution in [1.82, 2.24) is 20.2 Å². The third-order valence-corrected chi connectivity index (χ3v) is 8.47. The smallest absolute Gasteiger partial charge is 0.436 e. The lowest BCUT2D eigenvalue weighted by molar-refractivity contribution is -0.267. The van der Waals surface area contributed by atoms with Gasteiger partial charge in [0.2, 0.25) is 0 Å². The highest BCUT2D eigenvalue weighted by Crippen LogP contribution is 2.33. The molecule has 2 aliphatic rings. The first-order valence-corrected chi connectivity index (χ1v) is 17.1. The summed E-state index contributed by atoms with van der Waals surface area (Å²) < 4.78 is 5.62.